The second-order valence-corrected chi connectivity index (χ2v) is 8.83. The zero-order valence-electron chi connectivity index (χ0n) is 16.1. The smallest absolute Gasteiger partial charge is 0.241 e. The third-order valence-electron chi connectivity index (χ3n) is 5.93. The molecule has 1 aromatic heterocycles. The summed E-state index contributed by atoms with van der Waals surface area (Å²) < 4.78 is 0. The van der Waals surface area contributed by atoms with E-state index in [0.717, 1.165) is 48.6 Å². The van der Waals surface area contributed by atoms with Gasteiger partial charge in [0.05, 0.1) is 22.1 Å². The molecule has 0 aliphatic carbocycles. The summed E-state index contributed by atoms with van der Waals surface area (Å²) >= 11 is 12.2. The summed E-state index contributed by atoms with van der Waals surface area (Å²) in [6.07, 6.45) is 5.38. The summed E-state index contributed by atoms with van der Waals surface area (Å²) in [5.74, 6) is 0.901. The fourth-order valence-corrected chi connectivity index (χ4v) is 4.72. The second-order valence-electron chi connectivity index (χ2n) is 8.02. The van der Waals surface area contributed by atoms with Crippen molar-refractivity contribution in [3.8, 4) is 0 Å². The summed E-state index contributed by atoms with van der Waals surface area (Å²) in [6, 6.07) is 5.91. The van der Waals surface area contributed by atoms with E-state index >= 15 is 0 Å². The zero-order chi connectivity index (χ0) is 19.7. The van der Waals surface area contributed by atoms with Crippen molar-refractivity contribution in [3.05, 3.63) is 34.4 Å². The minimum atomic E-state index is 0.137. The topological polar surface area (TPSA) is 48.5 Å². The highest BCUT2D eigenvalue weighted by atomic mass is 35.5. The Labute approximate surface area is 176 Å². The third-order valence-corrected chi connectivity index (χ3v) is 6.66. The van der Waals surface area contributed by atoms with Gasteiger partial charge in [0.2, 0.25) is 5.91 Å². The molecule has 3 heterocycles. The third kappa shape index (κ3) is 4.22. The van der Waals surface area contributed by atoms with Crippen LogP contribution in [0.5, 0.6) is 0 Å². The van der Waals surface area contributed by atoms with E-state index in [1.54, 1.807) is 18.3 Å². The van der Waals surface area contributed by atoms with Crippen LogP contribution in [-0.2, 0) is 4.79 Å². The molecular formula is C21H26Cl2N4O. The van der Waals surface area contributed by atoms with E-state index in [-0.39, 0.29) is 12.5 Å². The van der Waals surface area contributed by atoms with E-state index in [1.165, 1.54) is 19.4 Å². The number of likely N-dealkylation sites (tertiary alicyclic amines) is 2. The van der Waals surface area contributed by atoms with Crippen molar-refractivity contribution in [1.82, 2.24) is 14.8 Å². The highest BCUT2D eigenvalue weighted by Gasteiger charge is 2.32. The molecule has 2 aliphatic heterocycles. The standard InChI is InChI=1S/C21H26Cl2N4O/c1-14-3-2-7-26(12-14)15-5-8-27(13-15)21(28)11-25-19-4-6-24-20-10-18(23)17(22)9-16(19)20/h4,6,9-10,14-15H,2-3,5,7-8,11-13H2,1H3,(H,24,25). The molecule has 2 aliphatic rings. The Morgan fingerprint density at radius 1 is 1.21 bits per heavy atom. The molecule has 0 radical (unpaired) electrons. The molecule has 2 unspecified atom stereocenters. The van der Waals surface area contributed by atoms with E-state index < -0.39 is 0 Å². The highest BCUT2D eigenvalue weighted by molar-refractivity contribution is 6.42. The molecule has 0 bridgehead atoms. The lowest BCUT2D eigenvalue weighted by atomic mass is 9.98. The van der Waals surface area contributed by atoms with E-state index in [9.17, 15) is 4.79 Å². The normalized spacial score (nSPS) is 23.3. The molecule has 28 heavy (non-hydrogen) atoms. The Bertz CT molecular complexity index is 875. The van der Waals surface area contributed by atoms with Crippen LogP contribution in [0.2, 0.25) is 10.0 Å². The van der Waals surface area contributed by atoms with Crippen LogP contribution >= 0.6 is 23.2 Å². The minimum Gasteiger partial charge on any atom is -0.376 e. The van der Waals surface area contributed by atoms with E-state index in [1.807, 2.05) is 11.0 Å². The molecule has 5 nitrogen and oxygen atoms in total. The number of amides is 1. The number of nitrogens with zero attached hydrogens (tertiary/aromatic N) is 3. The monoisotopic (exact) mass is 420 g/mol. The minimum absolute atomic E-state index is 0.137. The van der Waals surface area contributed by atoms with Crippen LogP contribution in [0.15, 0.2) is 24.4 Å². The first-order valence-corrected chi connectivity index (χ1v) is 10.8. The SMILES string of the molecule is CC1CCCN(C2CCN(C(=O)CNc3ccnc4cc(Cl)c(Cl)cc34)C2)C1. The summed E-state index contributed by atoms with van der Waals surface area (Å²) in [6.45, 7) is 6.61. The molecular weight excluding hydrogens is 395 g/mol. The molecule has 150 valence electrons. The number of carbonyl (C=O) groups is 1. The Balaban J connectivity index is 1.37. The van der Waals surface area contributed by atoms with Crippen LogP contribution in [0.25, 0.3) is 10.9 Å². The van der Waals surface area contributed by atoms with Gasteiger partial charge in [0, 0.05) is 42.9 Å². The lowest BCUT2D eigenvalue weighted by molar-refractivity contribution is -0.128. The van der Waals surface area contributed by atoms with Crippen molar-refractivity contribution in [3.63, 3.8) is 0 Å². The molecule has 1 aromatic carbocycles. The summed E-state index contributed by atoms with van der Waals surface area (Å²) in [7, 11) is 0. The van der Waals surface area contributed by atoms with Gasteiger partial charge in [0.25, 0.3) is 0 Å². The maximum absolute atomic E-state index is 12.8. The summed E-state index contributed by atoms with van der Waals surface area (Å²) in [5, 5.41) is 5.09. The van der Waals surface area contributed by atoms with Gasteiger partial charge >= 0.3 is 0 Å². The number of carbonyl (C=O) groups excluding carboxylic acids is 1. The fourth-order valence-electron chi connectivity index (χ4n) is 4.40. The van der Waals surface area contributed by atoms with Gasteiger partial charge in [0.1, 0.15) is 0 Å². The summed E-state index contributed by atoms with van der Waals surface area (Å²) in [5.41, 5.74) is 1.60. The molecule has 1 N–H and O–H groups in total. The number of fused-ring (bicyclic) bond motifs is 1. The van der Waals surface area contributed by atoms with Crippen LogP contribution in [0.4, 0.5) is 5.69 Å². The fraction of sp³-hybridized carbons (Fsp3) is 0.524. The van der Waals surface area contributed by atoms with Gasteiger partial charge in [-0.25, -0.2) is 0 Å². The number of hydrogen-bond acceptors (Lipinski definition) is 4. The largest absolute Gasteiger partial charge is 0.376 e. The van der Waals surface area contributed by atoms with Gasteiger partial charge in [-0.15, -0.1) is 0 Å². The summed E-state index contributed by atoms with van der Waals surface area (Å²) in [4.78, 5) is 21.7. The van der Waals surface area contributed by atoms with Crippen LogP contribution in [0, 0.1) is 5.92 Å². The van der Waals surface area contributed by atoms with Gasteiger partial charge in [-0.1, -0.05) is 30.1 Å². The van der Waals surface area contributed by atoms with Crippen molar-refractivity contribution in [2.24, 2.45) is 5.92 Å². The molecule has 0 saturated carbocycles. The first kappa shape index (κ1) is 19.7. The molecule has 0 spiro atoms. The van der Waals surface area contributed by atoms with Crippen LogP contribution in [-0.4, -0.2) is 59.5 Å². The number of aromatic nitrogens is 1. The first-order valence-electron chi connectivity index (χ1n) is 10.0. The van der Waals surface area contributed by atoms with Crippen molar-refractivity contribution in [1.29, 1.82) is 0 Å². The van der Waals surface area contributed by atoms with E-state index in [4.69, 9.17) is 23.2 Å². The number of rotatable bonds is 4. The van der Waals surface area contributed by atoms with Crippen molar-refractivity contribution >= 4 is 45.7 Å². The molecule has 2 fully saturated rings. The zero-order valence-corrected chi connectivity index (χ0v) is 17.6. The van der Waals surface area contributed by atoms with Crippen molar-refractivity contribution in [2.75, 3.05) is 38.0 Å². The van der Waals surface area contributed by atoms with Gasteiger partial charge in [-0.05, 0) is 49.9 Å². The predicted octanol–water partition coefficient (Wildman–Crippen LogP) is 4.29. The Kier molecular flexibility index (Phi) is 5.95. The number of pyridine rings is 1. The average Bonchev–Trinajstić information content (AvgIpc) is 3.17. The number of benzene rings is 1. The molecule has 1 amide bonds. The van der Waals surface area contributed by atoms with E-state index in [2.05, 4.69) is 22.1 Å². The number of piperidine rings is 1. The Morgan fingerprint density at radius 3 is 2.86 bits per heavy atom. The van der Waals surface area contributed by atoms with Crippen LogP contribution in [0.1, 0.15) is 26.2 Å². The lowest BCUT2D eigenvalue weighted by Crippen LogP contribution is -2.44. The quantitative estimate of drug-likeness (QED) is 0.801. The maximum atomic E-state index is 12.8. The first-order chi connectivity index (χ1) is 13.5. The van der Waals surface area contributed by atoms with Crippen LogP contribution in [0.3, 0.4) is 0 Å². The Hall–Kier alpha value is -1.56. The maximum Gasteiger partial charge on any atom is 0.241 e. The predicted molar refractivity (Wildman–Crippen MR) is 115 cm³/mol. The van der Waals surface area contributed by atoms with Gasteiger partial charge in [-0.3, -0.25) is 14.7 Å². The van der Waals surface area contributed by atoms with Crippen molar-refractivity contribution in [2.45, 2.75) is 32.2 Å². The highest BCUT2D eigenvalue weighted by Crippen LogP contribution is 2.30. The van der Waals surface area contributed by atoms with Gasteiger partial charge in [-0.2, -0.15) is 0 Å². The molecule has 4 rings (SSSR count). The second kappa shape index (κ2) is 8.44. The number of hydrogen-bond donors (Lipinski definition) is 1. The van der Waals surface area contributed by atoms with E-state index in [0.29, 0.717) is 16.1 Å². The van der Waals surface area contributed by atoms with Gasteiger partial charge in [0.15, 0.2) is 0 Å². The molecule has 2 aromatic rings. The van der Waals surface area contributed by atoms with Gasteiger partial charge < -0.3 is 10.2 Å². The lowest BCUT2D eigenvalue weighted by Gasteiger charge is -2.35. The average molecular weight is 421 g/mol. The number of halogens is 2. The van der Waals surface area contributed by atoms with Crippen LogP contribution < -0.4 is 5.32 Å². The van der Waals surface area contributed by atoms with Crippen molar-refractivity contribution < 1.29 is 4.79 Å². The molecule has 7 heteroatoms. The number of anilines is 1. The molecule has 2 atom stereocenters. The molecule has 2 saturated heterocycles. The Morgan fingerprint density at radius 2 is 2.04 bits per heavy atom. The number of nitrogens with one attached hydrogen (secondary N) is 1.